The standard InChI is InChI=1S/C19H19Cl2FN4/c1-11(2)26-17(21)16(15-13(20)9-6-10-14(15)22)18(23)25-19(26)24-12-7-4-3-5-8-12/h3-11,17H,23H2,1-2H3,(H,24,25). The summed E-state index contributed by atoms with van der Waals surface area (Å²) in [5.41, 5.74) is 6.82. The molecule has 1 heterocycles. The topological polar surface area (TPSA) is 53.6 Å². The average Bonchev–Trinajstić information content (AvgIpc) is 2.57. The Morgan fingerprint density at radius 3 is 2.46 bits per heavy atom. The molecular formula is C19H19Cl2FN4. The number of rotatable bonds is 3. The number of guanidine groups is 1. The van der Waals surface area contributed by atoms with Gasteiger partial charge >= 0.3 is 0 Å². The lowest BCUT2D eigenvalue weighted by molar-refractivity contribution is 0.356. The van der Waals surface area contributed by atoms with Crippen molar-refractivity contribution in [3.05, 3.63) is 70.8 Å². The molecule has 0 spiro atoms. The summed E-state index contributed by atoms with van der Waals surface area (Å²) in [6.07, 6.45) is 0. The van der Waals surface area contributed by atoms with E-state index in [0.717, 1.165) is 5.69 Å². The van der Waals surface area contributed by atoms with Gasteiger partial charge in [-0.1, -0.05) is 47.5 Å². The molecule has 1 aliphatic rings. The molecule has 0 amide bonds. The van der Waals surface area contributed by atoms with Gasteiger partial charge in [0.2, 0.25) is 5.96 Å². The third-order valence-electron chi connectivity index (χ3n) is 4.05. The molecule has 0 aromatic heterocycles. The molecule has 136 valence electrons. The molecule has 0 radical (unpaired) electrons. The van der Waals surface area contributed by atoms with Crippen LogP contribution in [0.5, 0.6) is 0 Å². The first-order chi connectivity index (χ1) is 12.4. The molecule has 1 unspecified atom stereocenters. The maximum atomic E-state index is 14.4. The van der Waals surface area contributed by atoms with E-state index in [0.29, 0.717) is 11.5 Å². The maximum Gasteiger partial charge on any atom is 0.206 e. The highest BCUT2D eigenvalue weighted by Crippen LogP contribution is 2.37. The lowest BCUT2D eigenvalue weighted by Crippen LogP contribution is -2.49. The predicted octanol–water partition coefficient (Wildman–Crippen LogP) is 4.86. The molecule has 0 saturated heterocycles. The lowest BCUT2D eigenvalue weighted by atomic mass is 10.0. The summed E-state index contributed by atoms with van der Waals surface area (Å²) in [5.74, 6) is 0.145. The van der Waals surface area contributed by atoms with E-state index in [-0.39, 0.29) is 22.4 Å². The fraction of sp³-hybridized carbons (Fsp3) is 0.211. The number of anilines is 1. The van der Waals surface area contributed by atoms with Crippen LogP contribution in [0.15, 0.2) is 59.3 Å². The number of nitrogens with zero attached hydrogens (tertiary/aromatic N) is 2. The van der Waals surface area contributed by atoms with Gasteiger partial charge in [-0.2, -0.15) is 4.99 Å². The second-order valence-corrected chi connectivity index (χ2v) is 6.98. The minimum Gasteiger partial charge on any atom is -0.383 e. The fourth-order valence-corrected chi connectivity index (χ4v) is 3.66. The molecule has 26 heavy (non-hydrogen) atoms. The summed E-state index contributed by atoms with van der Waals surface area (Å²) in [4.78, 5) is 6.29. The lowest BCUT2D eigenvalue weighted by Gasteiger charge is -2.38. The smallest absolute Gasteiger partial charge is 0.206 e. The van der Waals surface area contributed by atoms with Crippen molar-refractivity contribution in [2.45, 2.75) is 25.4 Å². The van der Waals surface area contributed by atoms with E-state index in [1.807, 2.05) is 49.1 Å². The zero-order chi connectivity index (χ0) is 18.8. The van der Waals surface area contributed by atoms with Crippen LogP contribution in [0, 0.1) is 5.82 Å². The first-order valence-corrected chi connectivity index (χ1v) is 8.98. The van der Waals surface area contributed by atoms with Gasteiger partial charge in [-0.3, -0.25) is 0 Å². The van der Waals surface area contributed by atoms with Gasteiger partial charge in [0, 0.05) is 22.9 Å². The highest BCUT2D eigenvalue weighted by Gasteiger charge is 2.34. The predicted molar refractivity (Wildman–Crippen MR) is 107 cm³/mol. The van der Waals surface area contributed by atoms with Crippen LogP contribution in [-0.2, 0) is 0 Å². The van der Waals surface area contributed by atoms with E-state index in [2.05, 4.69) is 10.3 Å². The number of halogens is 3. The molecule has 1 atom stereocenters. The van der Waals surface area contributed by atoms with Gasteiger partial charge in [0.1, 0.15) is 17.1 Å². The van der Waals surface area contributed by atoms with Crippen molar-refractivity contribution in [3.8, 4) is 0 Å². The van der Waals surface area contributed by atoms with Crippen molar-refractivity contribution in [3.63, 3.8) is 0 Å². The van der Waals surface area contributed by atoms with Crippen molar-refractivity contribution in [1.29, 1.82) is 0 Å². The molecule has 3 N–H and O–H groups in total. The number of nitrogens with one attached hydrogen (secondary N) is 1. The number of benzene rings is 2. The molecule has 0 aliphatic carbocycles. The van der Waals surface area contributed by atoms with Crippen molar-refractivity contribution in [2.24, 2.45) is 10.7 Å². The third kappa shape index (κ3) is 3.50. The van der Waals surface area contributed by atoms with Crippen LogP contribution in [0.25, 0.3) is 5.57 Å². The van der Waals surface area contributed by atoms with E-state index in [1.165, 1.54) is 12.1 Å². The average molecular weight is 393 g/mol. The summed E-state index contributed by atoms with van der Waals surface area (Å²) < 4.78 is 14.4. The van der Waals surface area contributed by atoms with Crippen molar-refractivity contribution in [2.75, 3.05) is 5.32 Å². The van der Waals surface area contributed by atoms with Crippen LogP contribution >= 0.6 is 23.2 Å². The van der Waals surface area contributed by atoms with Gasteiger partial charge in [-0.15, -0.1) is 0 Å². The molecule has 0 fully saturated rings. The number of nitrogens with two attached hydrogens (primary N) is 1. The van der Waals surface area contributed by atoms with E-state index < -0.39 is 11.3 Å². The Balaban J connectivity index is 2.10. The quantitative estimate of drug-likeness (QED) is 0.578. The van der Waals surface area contributed by atoms with Gasteiger partial charge in [-0.25, -0.2) is 4.39 Å². The number of alkyl halides is 1. The zero-order valence-electron chi connectivity index (χ0n) is 14.4. The minimum absolute atomic E-state index is 0.0129. The van der Waals surface area contributed by atoms with Gasteiger partial charge in [0.05, 0.1) is 5.02 Å². The highest BCUT2D eigenvalue weighted by atomic mass is 35.5. The van der Waals surface area contributed by atoms with E-state index in [9.17, 15) is 4.39 Å². The minimum atomic E-state index is -0.729. The van der Waals surface area contributed by atoms with Crippen LogP contribution in [0.1, 0.15) is 19.4 Å². The second-order valence-electron chi connectivity index (χ2n) is 6.16. The van der Waals surface area contributed by atoms with Gasteiger partial charge in [0.25, 0.3) is 0 Å². The summed E-state index contributed by atoms with van der Waals surface area (Å²) in [6.45, 7) is 3.94. The molecule has 2 aromatic rings. The zero-order valence-corrected chi connectivity index (χ0v) is 15.9. The van der Waals surface area contributed by atoms with Gasteiger partial charge < -0.3 is 16.0 Å². The largest absolute Gasteiger partial charge is 0.383 e. The summed E-state index contributed by atoms with van der Waals surface area (Å²) in [7, 11) is 0. The van der Waals surface area contributed by atoms with Crippen molar-refractivity contribution in [1.82, 2.24) is 4.90 Å². The summed E-state index contributed by atoms with van der Waals surface area (Å²) in [5, 5.41) is 3.47. The monoisotopic (exact) mass is 392 g/mol. The number of hydrogen-bond acceptors (Lipinski definition) is 4. The summed E-state index contributed by atoms with van der Waals surface area (Å²) in [6, 6.07) is 14.0. The number of para-hydroxylation sites is 1. The van der Waals surface area contributed by atoms with Crippen LogP contribution < -0.4 is 11.1 Å². The molecule has 0 bridgehead atoms. The Labute approximate surface area is 162 Å². The SMILES string of the molecule is CC(C)N1C(Nc2ccccc2)=NC(N)=C(c2c(F)cccc2Cl)C1Cl. The van der Waals surface area contributed by atoms with E-state index >= 15 is 0 Å². The normalized spacial score (nSPS) is 17.5. The molecule has 7 heteroatoms. The third-order valence-corrected chi connectivity index (χ3v) is 4.79. The summed E-state index contributed by atoms with van der Waals surface area (Å²) >= 11 is 12.9. The van der Waals surface area contributed by atoms with Crippen LogP contribution in [0.2, 0.25) is 5.02 Å². The first-order valence-electron chi connectivity index (χ1n) is 8.17. The molecular weight excluding hydrogens is 374 g/mol. The van der Waals surface area contributed by atoms with E-state index in [1.54, 1.807) is 6.07 Å². The molecule has 3 rings (SSSR count). The van der Waals surface area contributed by atoms with Crippen LogP contribution in [0.3, 0.4) is 0 Å². The molecule has 1 aliphatic heterocycles. The Morgan fingerprint density at radius 2 is 1.85 bits per heavy atom. The number of aliphatic imine (C=N–C) groups is 1. The van der Waals surface area contributed by atoms with Gasteiger partial charge in [-0.05, 0) is 38.1 Å². The van der Waals surface area contributed by atoms with Crippen LogP contribution in [-0.4, -0.2) is 22.4 Å². The van der Waals surface area contributed by atoms with Crippen molar-refractivity contribution >= 4 is 40.4 Å². The number of hydrogen-bond donors (Lipinski definition) is 2. The van der Waals surface area contributed by atoms with Gasteiger partial charge in [0.15, 0.2) is 0 Å². The fourth-order valence-electron chi connectivity index (χ4n) is 2.85. The van der Waals surface area contributed by atoms with Crippen molar-refractivity contribution < 1.29 is 4.39 Å². The van der Waals surface area contributed by atoms with Crippen LogP contribution in [0.4, 0.5) is 10.1 Å². The maximum absolute atomic E-state index is 14.4. The highest BCUT2D eigenvalue weighted by molar-refractivity contribution is 6.34. The Bertz CT molecular complexity index is 845. The Kier molecular flexibility index (Phi) is 5.39. The molecule has 4 nitrogen and oxygen atoms in total. The first kappa shape index (κ1) is 18.5. The molecule has 0 saturated carbocycles. The Hall–Kier alpha value is -2.24. The Morgan fingerprint density at radius 1 is 1.15 bits per heavy atom. The molecule has 2 aromatic carbocycles. The van der Waals surface area contributed by atoms with E-state index in [4.69, 9.17) is 28.9 Å². The second kappa shape index (κ2) is 7.56.